The van der Waals surface area contributed by atoms with E-state index in [9.17, 15) is 8.42 Å². The highest BCUT2D eigenvalue weighted by atomic mass is 32.2. The van der Waals surface area contributed by atoms with Gasteiger partial charge in [-0.25, -0.2) is 8.42 Å². The van der Waals surface area contributed by atoms with Gasteiger partial charge in [-0.05, 0) is 23.9 Å². The molecule has 0 amide bonds. The average Bonchev–Trinajstić information content (AvgIpc) is 2.88. The molecule has 0 spiro atoms. The van der Waals surface area contributed by atoms with Crippen LogP contribution in [-0.4, -0.2) is 19.9 Å². The summed E-state index contributed by atoms with van der Waals surface area (Å²) < 4.78 is 27.1. The standard InChI is InChI=1S/C12H15N3O2S2/c1-2-5-14-11-3-6-13-8-12(11)19(16,17)15-10-4-7-18-9-10/h3-4,6-9,15H,2,5H2,1H3,(H,13,14). The lowest BCUT2D eigenvalue weighted by Crippen LogP contribution is -2.15. The number of rotatable bonds is 6. The van der Waals surface area contributed by atoms with E-state index in [1.54, 1.807) is 23.7 Å². The van der Waals surface area contributed by atoms with Gasteiger partial charge in [0.2, 0.25) is 0 Å². The quantitative estimate of drug-likeness (QED) is 0.860. The Labute approximate surface area is 116 Å². The summed E-state index contributed by atoms with van der Waals surface area (Å²) in [5.74, 6) is 0. The lowest BCUT2D eigenvalue weighted by atomic mass is 10.4. The zero-order valence-electron chi connectivity index (χ0n) is 10.5. The van der Waals surface area contributed by atoms with Gasteiger partial charge in [0.15, 0.2) is 0 Å². The molecule has 0 fully saturated rings. The fourth-order valence-corrected chi connectivity index (χ4v) is 3.37. The lowest BCUT2D eigenvalue weighted by molar-refractivity contribution is 0.601. The highest BCUT2D eigenvalue weighted by Crippen LogP contribution is 2.23. The second-order valence-electron chi connectivity index (χ2n) is 3.92. The monoisotopic (exact) mass is 297 g/mol. The van der Waals surface area contributed by atoms with Gasteiger partial charge in [-0.1, -0.05) is 6.92 Å². The first-order chi connectivity index (χ1) is 9.13. The van der Waals surface area contributed by atoms with Crippen molar-refractivity contribution in [2.24, 2.45) is 0 Å². The van der Waals surface area contributed by atoms with E-state index in [1.165, 1.54) is 17.5 Å². The Bertz CT molecular complexity index is 624. The van der Waals surface area contributed by atoms with Crippen molar-refractivity contribution >= 4 is 32.7 Å². The molecule has 2 N–H and O–H groups in total. The molecule has 2 rings (SSSR count). The topological polar surface area (TPSA) is 71.1 Å². The van der Waals surface area contributed by atoms with Crippen molar-refractivity contribution in [2.75, 3.05) is 16.6 Å². The minimum atomic E-state index is -3.61. The van der Waals surface area contributed by atoms with Gasteiger partial charge in [-0.15, -0.1) is 0 Å². The molecule has 0 aromatic carbocycles. The smallest absolute Gasteiger partial charge is 0.265 e. The molecule has 0 aliphatic carbocycles. The van der Waals surface area contributed by atoms with Crippen molar-refractivity contribution in [3.05, 3.63) is 35.3 Å². The van der Waals surface area contributed by atoms with Crippen molar-refractivity contribution in [3.63, 3.8) is 0 Å². The fourth-order valence-electron chi connectivity index (χ4n) is 1.53. The number of hydrogen-bond donors (Lipinski definition) is 2. The van der Waals surface area contributed by atoms with Gasteiger partial charge in [0.1, 0.15) is 4.90 Å². The molecule has 0 unspecified atom stereocenters. The van der Waals surface area contributed by atoms with Crippen LogP contribution in [0.3, 0.4) is 0 Å². The molecule has 2 aromatic heterocycles. The zero-order valence-corrected chi connectivity index (χ0v) is 12.1. The average molecular weight is 297 g/mol. The second kappa shape index (κ2) is 6.03. The predicted octanol–water partition coefficient (Wildman–Crippen LogP) is 2.77. The minimum absolute atomic E-state index is 0.162. The van der Waals surface area contributed by atoms with E-state index in [2.05, 4.69) is 15.0 Å². The lowest BCUT2D eigenvalue weighted by Gasteiger charge is -2.12. The van der Waals surface area contributed by atoms with Crippen molar-refractivity contribution in [1.29, 1.82) is 0 Å². The summed E-state index contributed by atoms with van der Waals surface area (Å²) in [4.78, 5) is 4.05. The van der Waals surface area contributed by atoms with E-state index in [0.29, 0.717) is 17.9 Å². The molecule has 0 aliphatic heterocycles. The molecular weight excluding hydrogens is 282 g/mol. The van der Waals surface area contributed by atoms with Crippen LogP contribution >= 0.6 is 11.3 Å². The maximum atomic E-state index is 12.3. The SMILES string of the molecule is CCCNc1ccncc1S(=O)(=O)Nc1ccsc1. The first-order valence-electron chi connectivity index (χ1n) is 5.86. The molecule has 0 radical (unpaired) electrons. The first-order valence-corrected chi connectivity index (χ1v) is 8.29. The molecule has 102 valence electrons. The Kier molecular flexibility index (Phi) is 4.39. The highest BCUT2D eigenvalue weighted by molar-refractivity contribution is 7.92. The largest absolute Gasteiger partial charge is 0.384 e. The number of pyridine rings is 1. The number of aromatic nitrogens is 1. The summed E-state index contributed by atoms with van der Waals surface area (Å²) in [6.07, 6.45) is 3.84. The van der Waals surface area contributed by atoms with Crippen LogP contribution in [0.2, 0.25) is 0 Å². The summed E-state index contributed by atoms with van der Waals surface area (Å²) in [6, 6.07) is 3.38. The molecule has 2 aromatic rings. The van der Waals surface area contributed by atoms with Crippen molar-refractivity contribution in [2.45, 2.75) is 18.2 Å². The highest BCUT2D eigenvalue weighted by Gasteiger charge is 2.18. The van der Waals surface area contributed by atoms with Gasteiger partial charge in [0.05, 0.1) is 11.4 Å². The molecule has 0 atom stereocenters. The molecule has 0 saturated carbocycles. The fraction of sp³-hybridized carbons (Fsp3) is 0.250. The molecule has 19 heavy (non-hydrogen) atoms. The Morgan fingerprint density at radius 2 is 2.21 bits per heavy atom. The van der Waals surface area contributed by atoms with E-state index in [0.717, 1.165) is 6.42 Å². The summed E-state index contributed by atoms with van der Waals surface area (Å²) in [5.41, 5.74) is 1.13. The number of hydrogen-bond acceptors (Lipinski definition) is 5. The van der Waals surface area contributed by atoms with E-state index < -0.39 is 10.0 Å². The Morgan fingerprint density at radius 3 is 2.89 bits per heavy atom. The van der Waals surface area contributed by atoms with Crippen LogP contribution in [0.1, 0.15) is 13.3 Å². The van der Waals surface area contributed by atoms with Crippen molar-refractivity contribution < 1.29 is 8.42 Å². The van der Waals surface area contributed by atoms with Crippen LogP contribution < -0.4 is 10.0 Å². The van der Waals surface area contributed by atoms with E-state index >= 15 is 0 Å². The molecule has 0 saturated heterocycles. The summed E-state index contributed by atoms with van der Waals surface area (Å²) >= 11 is 1.44. The Morgan fingerprint density at radius 1 is 1.37 bits per heavy atom. The van der Waals surface area contributed by atoms with Crippen LogP contribution in [-0.2, 0) is 10.0 Å². The second-order valence-corrected chi connectivity index (χ2v) is 6.35. The number of sulfonamides is 1. The number of nitrogens with one attached hydrogen (secondary N) is 2. The van der Waals surface area contributed by atoms with Gasteiger partial charge in [-0.3, -0.25) is 9.71 Å². The summed E-state index contributed by atoms with van der Waals surface area (Å²) in [6.45, 7) is 2.73. The molecular formula is C12H15N3O2S2. The Hall–Kier alpha value is -1.60. The molecule has 7 heteroatoms. The third kappa shape index (κ3) is 3.45. The summed E-state index contributed by atoms with van der Waals surface area (Å²) in [5, 5.41) is 6.65. The van der Waals surface area contributed by atoms with E-state index in [-0.39, 0.29) is 4.90 Å². The van der Waals surface area contributed by atoms with Gasteiger partial charge in [0, 0.05) is 24.3 Å². The predicted molar refractivity (Wildman–Crippen MR) is 78.1 cm³/mol. The first kappa shape index (κ1) is 13.8. The Balaban J connectivity index is 2.29. The summed E-state index contributed by atoms with van der Waals surface area (Å²) in [7, 11) is -3.61. The minimum Gasteiger partial charge on any atom is -0.384 e. The normalized spacial score (nSPS) is 11.2. The third-order valence-corrected chi connectivity index (χ3v) is 4.50. The van der Waals surface area contributed by atoms with E-state index in [4.69, 9.17) is 0 Å². The zero-order chi connectivity index (χ0) is 13.7. The number of nitrogens with zero attached hydrogens (tertiary/aromatic N) is 1. The molecule has 0 aliphatic rings. The number of thiophene rings is 1. The van der Waals surface area contributed by atoms with Crippen LogP contribution in [0.15, 0.2) is 40.2 Å². The number of anilines is 2. The van der Waals surface area contributed by atoms with Crippen LogP contribution in [0.25, 0.3) is 0 Å². The van der Waals surface area contributed by atoms with Crippen LogP contribution in [0.4, 0.5) is 11.4 Å². The van der Waals surface area contributed by atoms with Crippen LogP contribution in [0.5, 0.6) is 0 Å². The maximum absolute atomic E-state index is 12.3. The van der Waals surface area contributed by atoms with E-state index in [1.807, 2.05) is 12.3 Å². The van der Waals surface area contributed by atoms with Crippen LogP contribution in [0, 0.1) is 0 Å². The van der Waals surface area contributed by atoms with Gasteiger partial charge >= 0.3 is 0 Å². The molecule has 5 nitrogen and oxygen atoms in total. The molecule has 0 bridgehead atoms. The van der Waals surface area contributed by atoms with Crippen molar-refractivity contribution in [1.82, 2.24) is 4.98 Å². The van der Waals surface area contributed by atoms with Gasteiger partial charge in [0.25, 0.3) is 10.0 Å². The maximum Gasteiger partial charge on any atom is 0.265 e. The third-order valence-electron chi connectivity index (χ3n) is 2.41. The molecule has 2 heterocycles. The van der Waals surface area contributed by atoms with Gasteiger partial charge in [-0.2, -0.15) is 11.3 Å². The van der Waals surface area contributed by atoms with Gasteiger partial charge < -0.3 is 5.32 Å². The van der Waals surface area contributed by atoms with Crippen molar-refractivity contribution in [3.8, 4) is 0 Å².